The summed E-state index contributed by atoms with van der Waals surface area (Å²) in [7, 11) is -6.00. The Labute approximate surface area is 235 Å². The highest BCUT2D eigenvalue weighted by Gasteiger charge is 2.48. The van der Waals surface area contributed by atoms with E-state index >= 15 is 0 Å². The zero-order chi connectivity index (χ0) is 26.6. The van der Waals surface area contributed by atoms with E-state index in [1.165, 1.54) is 128 Å². The third kappa shape index (κ3) is 8.01. The largest absolute Gasteiger partial charge is 0.337 e. The summed E-state index contributed by atoms with van der Waals surface area (Å²) < 4.78 is 12.9. The predicted molar refractivity (Wildman–Crippen MR) is 178 cm³/mol. The van der Waals surface area contributed by atoms with Crippen LogP contribution >= 0.6 is 14.1 Å². The predicted octanol–water partition coefficient (Wildman–Crippen LogP) is 12.3. The summed E-state index contributed by atoms with van der Waals surface area (Å²) in [6.45, 7) is 15.6. The van der Waals surface area contributed by atoms with E-state index in [0.29, 0.717) is 0 Å². The van der Waals surface area contributed by atoms with Crippen LogP contribution in [0.5, 0.6) is 0 Å². The maximum absolute atomic E-state index is 6.43. The molecule has 0 spiro atoms. The molecule has 4 aliphatic carbocycles. The zero-order valence-corrected chi connectivity index (χ0v) is 29.7. The Morgan fingerprint density at radius 1 is 0.405 bits per heavy atom. The van der Waals surface area contributed by atoms with Gasteiger partial charge < -0.3 is 8.82 Å². The SMILES string of the molecule is C[Si](C)(C)N=P(CP(=N[Si](C)(C)C)(C1CCCCC1)C1CCCCC1)(C1CCCCC1)C1CCCCC1. The highest BCUT2D eigenvalue weighted by atomic mass is 31.2. The lowest BCUT2D eigenvalue weighted by atomic mass is 9.99. The van der Waals surface area contributed by atoms with Gasteiger partial charge in [-0.25, -0.2) is 0 Å². The van der Waals surface area contributed by atoms with Gasteiger partial charge in [-0.15, -0.1) is 0 Å². The molecule has 0 aliphatic heterocycles. The molecule has 216 valence electrons. The van der Waals surface area contributed by atoms with Gasteiger partial charge in [-0.05, 0) is 88.1 Å². The van der Waals surface area contributed by atoms with Crippen molar-refractivity contribution in [3.63, 3.8) is 0 Å². The lowest BCUT2D eigenvalue weighted by molar-refractivity contribution is 0.477. The number of rotatable bonds is 8. The van der Waals surface area contributed by atoms with Crippen molar-refractivity contribution < 1.29 is 0 Å². The molecule has 0 amide bonds. The monoisotopic (exact) mass is 582 g/mol. The van der Waals surface area contributed by atoms with Gasteiger partial charge in [-0.3, -0.25) is 0 Å². The Hall–Kier alpha value is 0.894. The van der Waals surface area contributed by atoms with Crippen LogP contribution in [0, 0.1) is 0 Å². The number of nitrogens with zero attached hydrogens (tertiary/aromatic N) is 2. The highest BCUT2D eigenvalue weighted by molar-refractivity contribution is 7.85. The van der Waals surface area contributed by atoms with Crippen LogP contribution in [0.25, 0.3) is 0 Å². The van der Waals surface area contributed by atoms with Gasteiger partial charge in [0.15, 0.2) is 16.5 Å². The standard InChI is InChI=1S/C31H64N2P2Si2/c1-36(2,3)32-34(28-19-11-7-12-20-28,29-21-13-8-14-22-29)27-35(33-37(4,5)6,30-23-15-9-16-24-30)31-25-17-10-18-26-31/h28-31H,7-27H2,1-6H3. The minimum atomic E-state index is -1.56. The van der Waals surface area contributed by atoms with Crippen molar-refractivity contribution in [2.45, 2.75) is 190 Å². The maximum Gasteiger partial charge on any atom is 0.170 e. The highest BCUT2D eigenvalue weighted by Crippen LogP contribution is 2.78. The van der Waals surface area contributed by atoms with Crippen LogP contribution in [-0.4, -0.2) is 45.0 Å². The topological polar surface area (TPSA) is 24.7 Å². The van der Waals surface area contributed by atoms with E-state index in [-0.39, 0.29) is 0 Å². The van der Waals surface area contributed by atoms with Crippen LogP contribution < -0.4 is 0 Å². The molecule has 0 heterocycles. The van der Waals surface area contributed by atoms with Crippen LogP contribution in [0.1, 0.15) is 128 Å². The summed E-state index contributed by atoms with van der Waals surface area (Å²) in [6, 6.07) is 0. The van der Waals surface area contributed by atoms with Crippen LogP contribution in [0.4, 0.5) is 0 Å². The zero-order valence-electron chi connectivity index (χ0n) is 25.9. The quantitative estimate of drug-likeness (QED) is 0.201. The first-order valence-corrected chi connectivity index (χ1v) is 27.8. The molecule has 4 aliphatic rings. The van der Waals surface area contributed by atoms with E-state index in [0.717, 1.165) is 22.6 Å². The van der Waals surface area contributed by atoms with Crippen molar-refractivity contribution in [3.8, 4) is 0 Å². The second-order valence-corrected chi connectivity index (χ2v) is 33.5. The van der Waals surface area contributed by atoms with Crippen LogP contribution in [0.3, 0.4) is 0 Å². The Balaban J connectivity index is 1.95. The van der Waals surface area contributed by atoms with Gasteiger partial charge in [0, 0.05) is 5.90 Å². The first kappa shape index (κ1) is 30.8. The summed E-state index contributed by atoms with van der Waals surface area (Å²) in [5.41, 5.74) is 3.83. The van der Waals surface area contributed by atoms with Gasteiger partial charge >= 0.3 is 0 Å². The molecule has 4 fully saturated rings. The molecular weight excluding hydrogens is 518 g/mol. The molecule has 6 heteroatoms. The van der Waals surface area contributed by atoms with Crippen molar-refractivity contribution >= 4 is 30.6 Å². The van der Waals surface area contributed by atoms with E-state index in [2.05, 4.69) is 39.3 Å². The Bertz CT molecular complexity index is 705. The van der Waals surface area contributed by atoms with Crippen LogP contribution in [0.2, 0.25) is 39.3 Å². The van der Waals surface area contributed by atoms with Crippen molar-refractivity contribution in [2.24, 2.45) is 8.82 Å². The van der Waals surface area contributed by atoms with Crippen molar-refractivity contribution in [1.82, 2.24) is 0 Å². The second-order valence-electron chi connectivity index (χ2n) is 15.6. The molecule has 0 saturated heterocycles. The van der Waals surface area contributed by atoms with Crippen molar-refractivity contribution in [1.29, 1.82) is 0 Å². The van der Waals surface area contributed by atoms with Crippen LogP contribution in [-0.2, 0) is 0 Å². The average Bonchev–Trinajstić information content (AvgIpc) is 2.88. The molecule has 0 bridgehead atoms. The minimum Gasteiger partial charge on any atom is -0.337 e. The average molecular weight is 583 g/mol. The summed E-state index contributed by atoms with van der Waals surface area (Å²) in [5.74, 6) is 1.57. The molecule has 0 unspecified atom stereocenters. The molecule has 37 heavy (non-hydrogen) atoms. The van der Waals surface area contributed by atoms with E-state index < -0.39 is 30.6 Å². The molecule has 0 atom stereocenters. The Kier molecular flexibility index (Phi) is 11.0. The Morgan fingerprint density at radius 2 is 0.622 bits per heavy atom. The molecule has 0 aromatic rings. The summed E-state index contributed by atoms with van der Waals surface area (Å²) >= 11 is 0. The second kappa shape index (κ2) is 13.3. The maximum atomic E-state index is 6.43. The lowest BCUT2D eigenvalue weighted by Crippen LogP contribution is -2.34. The fourth-order valence-corrected chi connectivity index (χ4v) is 35.1. The molecule has 4 saturated carbocycles. The summed E-state index contributed by atoms with van der Waals surface area (Å²) in [4.78, 5) is 0. The molecule has 2 nitrogen and oxygen atoms in total. The fraction of sp³-hybridized carbons (Fsp3) is 1.00. The molecule has 0 aromatic heterocycles. The van der Waals surface area contributed by atoms with Gasteiger partial charge in [0.05, 0.1) is 0 Å². The molecular formula is C31H64N2P2Si2. The molecule has 0 N–H and O–H groups in total. The van der Waals surface area contributed by atoms with E-state index in [1.54, 1.807) is 5.90 Å². The van der Waals surface area contributed by atoms with Gasteiger partial charge in [0.25, 0.3) is 0 Å². The smallest absolute Gasteiger partial charge is 0.170 e. The van der Waals surface area contributed by atoms with E-state index in [1.807, 2.05) is 0 Å². The third-order valence-electron chi connectivity index (χ3n) is 10.3. The van der Waals surface area contributed by atoms with Gasteiger partial charge in [-0.1, -0.05) is 116 Å². The Morgan fingerprint density at radius 3 is 0.811 bits per heavy atom. The van der Waals surface area contributed by atoms with Gasteiger partial charge in [-0.2, -0.15) is 0 Å². The summed E-state index contributed by atoms with van der Waals surface area (Å²) in [6.07, 6.45) is 30.0. The number of hydrogen-bond acceptors (Lipinski definition) is 2. The minimum absolute atomic E-state index is 0.958. The number of hydrogen-bond donors (Lipinski definition) is 0. The molecule has 0 aromatic carbocycles. The van der Waals surface area contributed by atoms with Gasteiger partial charge in [0.1, 0.15) is 0 Å². The van der Waals surface area contributed by atoms with Crippen molar-refractivity contribution in [3.05, 3.63) is 0 Å². The summed E-state index contributed by atoms with van der Waals surface area (Å²) in [5, 5.41) is 0. The third-order valence-corrected chi connectivity index (χ3v) is 28.8. The fourth-order valence-electron chi connectivity index (χ4n) is 9.04. The van der Waals surface area contributed by atoms with Crippen LogP contribution in [0.15, 0.2) is 8.82 Å². The first-order valence-electron chi connectivity index (χ1n) is 16.8. The first-order chi connectivity index (χ1) is 17.5. The van der Waals surface area contributed by atoms with Crippen molar-refractivity contribution in [2.75, 3.05) is 5.90 Å². The molecule has 4 rings (SSSR count). The normalized spacial score (nSPS) is 25.2. The van der Waals surface area contributed by atoms with E-state index in [4.69, 9.17) is 8.82 Å². The molecule has 0 radical (unpaired) electrons. The lowest BCUT2D eigenvalue weighted by Gasteiger charge is -2.52. The van der Waals surface area contributed by atoms with Gasteiger partial charge in [0.2, 0.25) is 0 Å². The van der Waals surface area contributed by atoms with E-state index in [9.17, 15) is 0 Å².